The Labute approximate surface area is 177 Å². The van der Waals surface area contributed by atoms with Crippen LogP contribution >= 0.6 is 0 Å². The lowest BCUT2D eigenvalue weighted by Gasteiger charge is -2.34. The van der Waals surface area contributed by atoms with Crippen molar-refractivity contribution in [3.63, 3.8) is 0 Å². The van der Waals surface area contributed by atoms with Gasteiger partial charge in [-0.3, -0.25) is 9.59 Å². The highest BCUT2D eigenvalue weighted by molar-refractivity contribution is 6.03. The predicted molar refractivity (Wildman–Crippen MR) is 109 cm³/mol. The molecular weight excluding hydrogens is 390 g/mol. The van der Waals surface area contributed by atoms with E-state index in [9.17, 15) is 14.4 Å². The number of carbonyl (C=O) groups excluding carboxylic acids is 3. The second kappa shape index (κ2) is 10.2. The van der Waals surface area contributed by atoms with Gasteiger partial charge >= 0.3 is 6.09 Å². The standard InChI is InChI=1S/C22H33NO7/c1-14(2)19-22(3,4)30-21(27)23(19)20(26)18(28-5)17-16(25)12-11-15(29-17)10-8-6-7-9-13-24/h10-12,14,17-19,24H,6-9,13H2,1-5H3/t17-,18+,19+/m0/s1. The van der Waals surface area contributed by atoms with Crippen LogP contribution in [-0.2, 0) is 23.8 Å². The maximum atomic E-state index is 13.3. The van der Waals surface area contributed by atoms with Gasteiger partial charge in [-0.25, -0.2) is 9.69 Å². The van der Waals surface area contributed by atoms with Crippen LogP contribution in [0.25, 0.3) is 0 Å². The number of nitrogens with zero attached hydrogens (tertiary/aromatic N) is 1. The topological polar surface area (TPSA) is 102 Å². The summed E-state index contributed by atoms with van der Waals surface area (Å²) in [5.41, 5.74) is -0.851. The monoisotopic (exact) mass is 423 g/mol. The molecule has 0 saturated carbocycles. The normalized spacial score (nSPS) is 25.6. The molecule has 0 aromatic carbocycles. The zero-order valence-electron chi connectivity index (χ0n) is 18.4. The molecule has 8 nitrogen and oxygen atoms in total. The van der Waals surface area contributed by atoms with Crippen LogP contribution in [-0.4, -0.2) is 65.4 Å². The third-order valence-electron chi connectivity index (χ3n) is 5.34. The van der Waals surface area contributed by atoms with Crippen molar-refractivity contribution in [2.75, 3.05) is 13.7 Å². The maximum Gasteiger partial charge on any atom is 0.417 e. The van der Waals surface area contributed by atoms with Gasteiger partial charge < -0.3 is 19.3 Å². The first-order chi connectivity index (χ1) is 14.1. The van der Waals surface area contributed by atoms with Gasteiger partial charge in [0.1, 0.15) is 11.4 Å². The van der Waals surface area contributed by atoms with Crippen LogP contribution < -0.4 is 0 Å². The molecular formula is C22H33NO7. The van der Waals surface area contributed by atoms with E-state index in [0.717, 1.165) is 24.2 Å². The van der Waals surface area contributed by atoms with Gasteiger partial charge in [0.15, 0.2) is 18.0 Å². The van der Waals surface area contributed by atoms with Crippen LogP contribution in [0.3, 0.4) is 0 Å². The molecule has 0 unspecified atom stereocenters. The number of carbonyl (C=O) groups is 3. The van der Waals surface area contributed by atoms with Gasteiger partial charge in [-0.15, -0.1) is 0 Å². The van der Waals surface area contributed by atoms with Crippen LogP contribution in [0.4, 0.5) is 4.79 Å². The van der Waals surface area contributed by atoms with Crippen molar-refractivity contribution < 1.29 is 33.7 Å². The van der Waals surface area contributed by atoms with Crippen LogP contribution in [0.5, 0.6) is 0 Å². The first-order valence-electron chi connectivity index (χ1n) is 10.4. The number of ketones is 1. The number of methoxy groups -OCH3 is 1. The lowest BCUT2D eigenvalue weighted by molar-refractivity contribution is -0.154. The minimum atomic E-state index is -1.28. The molecule has 2 rings (SSSR count). The van der Waals surface area contributed by atoms with Crippen LogP contribution in [0.2, 0.25) is 0 Å². The van der Waals surface area contributed by atoms with Crippen LogP contribution in [0.15, 0.2) is 24.0 Å². The van der Waals surface area contributed by atoms with Crippen molar-refractivity contribution in [2.45, 2.75) is 77.2 Å². The third kappa shape index (κ3) is 5.29. The highest BCUT2D eigenvalue weighted by Crippen LogP contribution is 2.35. The Hall–Kier alpha value is -2.19. The lowest BCUT2D eigenvalue weighted by atomic mass is 9.88. The summed E-state index contributed by atoms with van der Waals surface area (Å²) in [6.45, 7) is 7.48. The predicted octanol–water partition coefficient (Wildman–Crippen LogP) is 2.74. The van der Waals surface area contributed by atoms with E-state index in [0.29, 0.717) is 12.2 Å². The molecule has 0 radical (unpaired) electrons. The summed E-state index contributed by atoms with van der Waals surface area (Å²) in [5, 5.41) is 8.84. The molecule has 1 N–H and O–H groups in total. The molecule has 0 aromatic heterocycles. The van der Waals surface area contributed by atoms with Gasteiger partial charge in [0.05, 0.1) is 6.04 Å². The fourth-order valence-electron chi connectivity index (χ4n) is 4.09. The molecule has 3 atom stereocenters. The molecule has 0 aromatic rings. The lowest BCUT2D eigenvalue weighted by Crippen LogP contribution is -2.55. The number of imide groups is 1. The summed E-state index contributed by atoms with van der Waals surface area (Å²) in [6.07, 6.45) is 4.77. The molecule has 2 aliphatic heterocycles. The van der Waals surface area contributed by atoms with Gasteiger partial charge in [-0.1, -0.05) is 20.3 Å². The van der Waals surface area contributed by atoms with Crippen molar-refractivity contribution in [3.05, 3.63) is 24.0 Å². The average Bonchev–Trinajstić information content (AvgIpc) is 2.92. The van der Waals surface area contributed by atoms with E-state index >= 15 is 0 Å². The Morgan fingerprint density at radius 3 is 2.57 bits per heavy atom. The summed E-state index contributed by atoms with van der Waals surface area (Å²) in [7, 11) is 1.31. The number of hydrogen-bond donors (Lipinski definition) is 1. The first-order valence-corrected chi connectivity index (χ1v) is 10.4. The second-order valence-corrected chi connectivity index (χ2v) is 8.48. The van der Waals surface area contributed by atoms with E-state index in [1.165, 1.54) is 13.2 Å². The molecule has 0 aliphatic carbocycles. The van der Waals surface area contributed by atoms with E-state index in [1.54, 1.807) is 19.9 Å². The number of hydrogen-bond acceptors (Lipinski definition) is 7. The summed E-state index contributed by atoms with van der Waals surface area (Å²) in [5.74, 6) is -0.628. The minimum absolute atomic E-state index is 0.0508. The number of aliphatic hydroxyl groups excluding tert-OH is 1. The molecule has 0 bridgehead atoms. The smallest absolute Gasteiger partial charge is 0.417 e. The average molecular weight is 424 g/mol. The van der Waals surface area contributed by atoms with Crippen LogP contribution in [0, 0.1) is 5.92 Å². The van der Waals surface area contributed by atoms with Gasteiger partial charge in [0, 0.05) is 13.7 Å². The van der Waals surface area contributed by atoms with E-state index in [2.05, 4.69) is 0 Å². The maximum absolute atomic E-state index is 13.3. The Kier molecular flexibility index (Phi) is 8.20. The van der Waals surface area contributed by atoms with Gasteiger partial charge in [-0.2, -0.15) is 0 Å². The van der Waals surface area contributed by atoms with Gasteiger partial charge in [-0.05, 0) is 57.3 Å². The molecule has 2 heterocycles. The van der Waals surface area contributed by atoms with Crippen molar-refractivity contribution in [3.8, 4) is 0 Å². The number of unbranched alkanes of at least 4 members (excludes halogenated alkanes) is 3. The quantitative estimate of drug-likeness (QED) is 0.569. The molecule has 8 heteroatoms. The zero-order chi connectivity index (χ0) is 22.5. The highest BCUT2D eigenvalue weighted by atomic mass is 16.6. The second-order valence-electron chi connectivity index (χ2n) is 8.48. The first kappa shape index (κ1) is 24.1. The third-order valence-corrected chi connectivity index (χ3v) is 5.34. The largest absolute Gasteiger partial charge is 0.479 e. The van der Waals surface area contributed by atoms with Crippen molar-refractivity contribution in [1.29, 1.82) is 0 Å². The number of aliphatic hydroxyl groups is 1. The molecule has 2 amide bonds. The minimum Gasteiger partial charge on any atom is -0.479 e. The number of allylic oxidation sites excluding steroid dienone is 2. The van der Waals surface area contributed by atoms with Gasteiger partial charge in [0.2, 0.25) is 0 Å². The molecule has 0 spiro atoms. The Morgan fingerprint density at radius 2 is 1.97 bits per heavy atom. The van der Waals surface area contributed by atoms with Crippen LogP contribution in [0.1, 0.15) is 53.4 Å². The number of rotatable bonds is 9. The SMILES string of the molecule is CO[C@@H](C(=O)N1C(=O)OC(C)(C)[C@H]1C(C)C)[C@H]1OC(=CCCCCCO)C=CC1=O. The van der Waals surface area contributed by atoms with Crippen molar-refractivity contribution in [2.24, 2.45) is 5.92 Å². The van der Waals surface area contributed by atoms with Crippen molar-refractivity contribution >= 4 is 17.8 Å². The fourth-order valence-corrected chi connectivity index (χ4v) is 4.09. The summed E-state index contributed by atoms with van der Waals surface area (Å²) >= 11 is 0. The Bertz CT molecular complexity index is 710. The molecule has 1 fully saturated rings. The molecule has 2 aliphatic rings. The molecule has 30 heavy (non-hydrogen) atoms. The number of cyclic esters (lactones) is 1. The fraction of sp³-hybridized carbons (Fsp3) is 0.682. The van der Waals surface area contributed by atoms with E-state index < -0.39 is 41.6 Å². The summed E-state index contributed by atoms with van der Waals surface area (Å²) < 4.78 is 16.5. The summed E-state index contributed by atoms with van der Waals surface area (Å²) in [6, 6.07) is -0.495. The zero-order valence-corrected chi connectivity index (χ0v) is 18.4. The Morgan fingerprint density at radius 1 is 1.27 bits per heavy atom. The highest BCUT2D eigenvalue weighted by Gasteiger charge is 2.54. The van der Waals surface area contributed by atoms with E-state index in [4.69, 9.17) is 19.3 Å². The van der Waals surface area contributed by atoms with E-state index in [1.807, 2.05) is 19.9 Å². The molecule has 1 saturated heterocycles. The Balaban J connectivity index is 2.18. The van der Waals surface area contributed by atoms with E-state index in [-0.39, 0.29) is 12.5 Å². The summed E-state index contributed by atoms with van der Waals surface area (Å²) in [4.78, 5) is 39.3. The van der Waals surface area contributed by atoms with Crippen molar-refractivity contribution in [1.82, 2.24) is 4.90 Å². The van der Waals surface area contributed by atoms with Gasteiger partial charge in [0.25, 0.3) is 5.91 Å². The molecule has 168 valence electrons. The number of ether oxygens (including phenoxy) is 3. The number of amides is 2.